The van der Waals surface area contributed by atoms with Crippen LogP contribution in [0.4, 0.5) is 0 Å². The average molecular weight is 860 g/mol. The van der Waals surface area contributed by atoms with Gasteiger partial charge in [0.15, 0.2) is 0 Å². The third kappa shape index (κ3) is 44.7. The Hall–Kier alpha value is -1.66. The largest absolute Gasteiger partial charge is 0.462 e. The second-order valence-electron chi connectivity index (χ2n) is 18.6. The smallest absolute Gasteiger partial charge is 0.306 e. The van der Waals surface area contributed by atoms with Crippen LogP contribution >= 0.6 is 0 Å². The van der Waals surface area contributed by atoms with Gasteiger partial charge < -0.3 is 20.3 Å². The Kier molecular flexibility index (Phi) is 48.0. The molecule has 0 aromatic rings. The normalized spacial score (nSPS) is 13.3. The maximum absolute atomic E-state index is 13.2. The molecule has 0 aromatic heterocycles. The van der Waals surface area contributed by atoms with Gasteiger partial charge >= 0.3 is 5.97 Å². The summed E-state index contributed by atoms with van der Waals surface area (Å²) in [4.78, 5) is 26.1. The minimum Gasteiger partial charge on any atom is -0.462 e. The second-order valence-corrected chi connectivity index (χ2v) is 18.6. The van der Waals surface area contributed by atoms with Crippen molar-refractivity contribution in [1.29, 1.82) is 0 Å². The van der Waals surface area contributed by atoms with Crippen LogP contribution in [0.15, 0.2) is 24.3 Å². The van der Waals surface area contributed by atoms with E-state index in [-0.39, 0.29) is 24.9 Å². The number of carbonyl (C=O) groups is 2. The van der Waals surface area contributed by atoms with Gasteiger partial charge in [-0.15, -0.1) is 0 Å². The Labute approximate surface area is 380 Å². The van der Waals surface area contributed by atoms with Crippen molar-refractivity contribution < 1.29 is 24.5 Å². The number of allylic oxidation sites excluding steroid dienone is 4. The van der Waals surface area contributed by atoms with Crippen molar-refractivity contribution in [2.75, 3.05) is 6.61 Å². The lowest BCUT2D eigenvalue weighted by Crippen LogP contribution is -2.46. The molecule has 3 unspecified atom stereocenters. The minimum atomic E-state index is -0.792. The first-order chi connectivity index (χ1) is 30.0. The summed E-state index contributed by atoms with van der Waals surface area (Å²) in [6, 6.07) is -0.707. The van der Waals surface area contributed by atoms with E-state index < -0.39 is 18.2 Å². The number of nitrogens with one attached hydrogen (secondary N) is 1. The number of hydrogen-bond donors (Lipinski definition) is 3. The molecule has 0 aromatic carbocycles. The topological polar surface area (TPSA) is 95.9 Å². The zero-order valence-corrected chi connectivity index (χ0v) is 41.1. The highest BCUT2D eigenvalue weighted by atomic mass is 16.5. The predicted octanol–water partition coefficient (Wildman–Crippen LogP) is 16.3. The van der Waals surface area contributed by atoms with E-state index in [4.69, 9.17) is 4.74 Å². The van der Waals surface area contributed by atoms with Gasteiger partial charge in [-0.1, -0.05) is 231 Å². The van der Waals surface area contributed by atoms with Crippen LogP contribution in [-0.4, -0.2) is 46.9 Å². The molecule has 6 nitrogen and oxygen atoms in total. The van der Waals surface area contributed by atoms with E-state index in [1.165, 1.54) is 180 Å². The quantitative estimate of drug-likeness (QED) is 0.0322. The van der Waals surface area contributed by atoms with Gasteiger partial charge in [0, 0.05) is 6.42 Å². The van der Waals surface area contributed by atoms with Crippen molar-refractivity contribution in [2.45, 2.75) is 309 Å². The minimum absolute atomic E-state index is 0.0574. The van der Waals surface area contributed by atoms with Crippen LogP contribution in [0.1, 0.15) is 290 Å². The lowest BCUT2D eigenvalue weighted by molar-refractivity contribution is -0.151. The van der Waals surface area contributed by atoms with Crippen molar-refractivity contribution in [1.82, 2.24) is 5.32 Å². The molecule has 6 heteroatoms. The lowest BCUT2D eigenvalue weighted by Gasteiger charge is -2.24. The summed E-state index contributed by atoms with van der Waals surface area (Å²) in [5.41, 5.74) is 0. The van der Waals surface area contributed by atoms with E-state index in [0.717, 1.165) is 64.2 Å². The molecule has 0 bridgehead atoms. The van der Waals surface area contributed by atoms with Gasteiger partial charge in [0.2, 0.25) is 5.91 Å². The Morgan fingerprint density at radius 3 is 1.20 bits per heavy atom. The fraction of sp³-hybridized carbons (Fsp3) is 0.891. The first-order valence-corrected chi connectivity index (χ1v) is 27.1. The fourth-order valence-corrected chi connectivity index (χ4v) is 8.37. The number of unbranched alkanes of at least 4 members (excludes halogenated alkanes) is 33. The SMILES string of the molecule is CCCCCCCC/C=C\CCCC(CC(=O)NC(CO)C(O)CCCCCCCCCCCCCCC)OC(=O)CCCCCCC/C=C/CCCCCCCCCCC. The zero-order valence-electron chi connectivity index (χ0n) is 41.1. The van der Waals surface area contributed by atoms with Crippen molar-refractivity contribution >= 4 is 11.9 Å². The first kappa shape index (κ1) is 59.3. The van der Waals surface area contributed by atoms with E-state index in [1.54, 1.807) is 0 Å². The molecule has 61 heavy (non-hydrogen) atoms. The van der Waals surface area contributed by atoms with E-state index in [2.05, 4.69) is 50.4 Å². The number of carbonyl (C=O) groups excluding carboxylic acids is 2. The summed E-state index contributed by atoms with van der Waals surface area (Å²) in [5, 5.41) is 23.8. The summed E-state index contributed by atoms with van der Waals surface area (Å²) < 4.78 is 5.92. The predicted molar refractivity (Wildman–Crippen MR) is 264 cm³/mol. The summed E-state index contributed by atoms with van der Waals surface area (Å²) >= 11 is 0. The monoisotopic (exact) mass is 860 g/mol. The molecule has 0 saturated heterocycles. The van der Waals surface area contributed by atoms with Gasteiger partial charge in [0.25, 0.3) is 0 Å². The number of aliphatic hydroxyl groups is 2. The van der Waals surface area contributed by atoms with Gasteiger partial charge in [-0.2, -0.15) is 0 Å². The molecular formula is C55H105NO5. The molecule has 360 valence electrons. The molecule has 1 amide bonds. The maximum Gasteiger partial charge on any atom is 0.306 e. The summed E-state index contributed by atoms with van der Waals surface area (Å²) in [6.45, 7) is 6.48. The highest BCUT2D eigenvalue weighted by molar-refractivity contribution is 5.77. The second kappa shape index (κ2) is 49.4. The maximum atomic E-state index is 13.2. The number of amides is 1. The van der Waals surface area contributed by atoms with Gasteiger partial charge in [-0.3, -0.25) is 9.59 Å². The molecule has 3 atom stereocenters. The fourth-order valence-electron chi connectivity index (χ4n) is 8.37. The molecule has 0 saturated carbocycles. The Bertz CT molecular complexity index is 966. The Morgan fingerprint density at radius 1 is 0.459 bits per heavy atom. The van der Waals surface area contributed by atoms with Crippen LogP contribution in [0.5, 0.6) is 0 Å². The molecular weight excluding hydrogens is 755 g/mol. The lowest BCUT2D eigenvalue weighted by atomic mass is 10.0. The standard InChI is InChI=1S/C55H105NO5/c1-4-7-10-13-16-19-22-24-25-26-27-28-30-33-36-39-42-45-48-55(60)61-51(46-43-40-37-34-31-21-18-15-12-9-6-3)49-54(59)56-52(50-57)53(58)47-44-41-38-35-32-29-23-20-17-14-11-8-5-2/h27-28,34,37,51-53,57-58H,4-26,29-33,35-36,38-50H2,1-3H3,(H,56,59)/b28-27+,37-34-. The van der Waals surface area contributed by atoms with Crippen molar-refractivity contribution in [3.05, 3.63) is 24.3 Å². The van der Waals surface area contributed by atoms with Crippen LogP contribution in [0, 0.1) is 0 Å². The summed E-state index contributed by atoms with van der Waals surface area (Å²) in [6.07, 6.45) is 56.8. The third-order valence-electron chi connectivity index (χ3n) is 12.5. The summed E-state index contributed by atoms with van der Waals surface area (Å²) in [5.74, 6) is -0.501. The molecule has 0 fully saturated rings. The van der Waals surface area contributed by atoms with Crippen molar-refractivity contribution in [2.24, 2.45) is 0 Å². The highest BCUT2D eigenvalue weighted by Gasteiger charge is 2.24. The Morgan fingerprint density at radius 2 is 0.803 bits per heavy atom. The third-order valence-corrected chi connectivity index (χ3v) is 12.5. The van der Waals surface area contributed by atoms with Gasteiger partial charge in [0.1, 0.15) is 6.10 Å². The zero-order chi connectivity index (χ0) is 44.5. The molecule has 3 N–H and O–H groups in total. The van der Waals surface area contributed by atoms with Crippen LogP contribution in [0.25, 0.3) is 0 Å². The molecule has 0 rings (SSSR count). The van der Waals surface area contributed by atoms with Crippen LogP contribution < -0.4 is 5.32 Å². The highest BCUT2D eigenvalue weighted by Crippen LogP contribution is 2.17. The van der Waals surface area contributed by atoms with E-state index in [9.17, 15) is 19.8 Å². The van der Waals surface area contributed by atoms with Crippen LogP contribution in [0.3, 0.4) is 0 Å². The van der Waals surface area contributed by atoms with Crippen LogP contribution in [0.2, 0.25) is 0 Å². The number of aliphatic hydroxyl groups excluding tert-OH is 2. The number of hydrogen-bond acceptors (Lipinski definition) is 5. The molecule has 0 aliphatic rings. The van der Waals surface area contributed by atoms with Crippen molar-refractivity contribution in [3.63, 3.8) is 0 Å². The first-order valence-electron chi connectivity index (χ1n) is 27.1. The van der Waals surface area contributed by atoms with Gasteiger partial charge in [0.05, 0.1) is 25.2 Å². The van der Waals surface area contributed by atoms with Gasteiger partial charge in [-0.05, 0) is 70.6 Å². The number of esters is 1. The summed E-state index contributed by atoms with van der Waals surface area (Å²) in [7, 11) is 0. The molecule has 0 aliphatic heterocycles. The van der Waals surface area contributed by atoms with E-state index in [0.29, 0.717) is 19.3 Å². The Balaban J connectivity index is 4.50. The molecule has 0 aliphatic carbocycles. The van der Waals surface area contributed by atoms with E-state index in [1.807, 2.05) is 0 Å². The molecule has 0 heterocycles. The van der Waals surface area contributed by atoms with Crippen LogP contribution in [-0.2, 0) is 14.3 Å². The van der Waals surface area contributed by atoms with E-state index >= 15 is 0 Å². The van der Waals surface area contributed by atoms with Gasteiger partial charge in [-0.25, -0.2) is 0 Å². The molecule has 0 radical (unpaired) electrons. The molecule has 0 spiro atoms. The average Bonchev–Trinajstić information content (AvgIpc) is 3.25. The van der Waals surface area contributed by atoms with Crippen molar-refractivity contribution in [3.8, 4) is 0 Å². The number of rotatable bonds is 49. The number of ether oxygens (including phenoxy) is 1.